The Labute approximate surface area is 800 Å². The molecule has 0 fully saturated rings. The Hall–Kier alpha value is -18.0. The van der Waals surface area contributed by atoms with E-state index in [4.69, 9.17) is 0 Å². The first-order valence-electron chi connectivity index (χ1n) is 47.8. The van der Waals surface area contributed by atoms with Crippen LogP contribution in [0.25, 0.3) is 199 Å². The van der Waals surface area contributed by atoms with Gasteiger partial charge in [0.15, 0.2) is 0 Å². The van der Waals surface area contributed by atoms with E-state index in [1.54, 1.807) is 0 Å². The van der Waals surface area contributed by atoms with Crippen molar-refractivity contribution in [2.24, 2.45) is 0 Å². The number of rotatable bonds is 14. The quantitative estimate of drug-likeness (QED) is 0.103. The summed E-state index contributed by atoms with van der Waals surface area (Å²) < 4.78 is 9.83. The lowest BCUT2D eigenvalue weighted by molar-refractivity contribution is 0.769. The third-order valence-electron chi connectivity index (χ3n) is 29.6. The van der Waals surface area contributed by atoms with Gasteiger partial charge in [-0.25, -0.2) is 0 Å². The highest BCUT2D eigenvalue weighted by Crippen LogP contribution is 2.62. The highest BCUT2D eigenvalue weighted by Gasteiger charge is 2.50. The Morgan fingerprint density at radius 3 is 0.855 bits per heavy atom. The number of hydrogen-bond donors (Lipinski definition) is 0. The molecule has 2 aliphatic rings. The molecule has 0 aliphatic heterocycles. The lowest BCUT2D eigenvalue weighted by Crippen LogP contribution is -2.28. The van der Waals surface area contributed by atoms with E-state index in [1.165, 1.54) is 221 Å². The zero-order chi connectivity index (χ0) is 90.9. The average molecular weight is 1750 g/mol. The Morgan fingerprint density at radius 2 is 0.420 bits per heavy atom. The molecule has 644 valence electrons. The van der Waals surface area contributed by atoms with Gasteiger partial charge in [-0.15, -0.1) is 0 Å². The van der Waals surface area contributed by atoms with Gasteiger partial charge < -0.3 is 18.3 Å². The standard InChI is InChI=1S/2C67H44N2/c1-5-18-45(19-6-1)47-32-36-53(37-33-47)68-63-40-35-50(49-34-39-62-57(43-49)55-28-14-16-31-61(55)69(62)54-27-17-22-48(42-54)46-20-7-2-8-21-46)44-58(63)66-64(68)41-38-60-65(66)56-29-13-15-30-59(56)67(60,51-23-9-3-10-24-51)52-25-11-4-12-26-52;1-5-18-45(19-6-1)47-32-36-53(37-33-47)68-63-40-35-50(49-34-39-62-58(43-49)56-29-14-16-31-61(56)69(62)54-27-17-22-48(42-54)46-20-7-2-8-21-46)44-59(63)65-64(68)41-38-57-55-28-13-15-30-60(55)67(66(57)65,51-23-9-3-10-24-51)52-25-11-4-12-26-52/h2*1-44H. The molecule has 0 N–H and O–H groups in total. The zero-order valence-corrected chi connectivity index (χ0v) is 75.6. The Kier molecular flexibility index (Phi) is 18.8. The van der Waals surface area contributed by atoms with Crippen molar-refractivity contribution >= 4 is 87.2 Å². The number of fused-ring (bicyclic) bond motifs is 20. The number of nitrogens with zero attached hydrogens (tertiary/aromatic N) is 4. The van der Waals surface area contributed by atoms with Crippen LogP contribution in [0, 0.1) is 0 Å². The molecule has 0 atom stereocenters. The molecular weight excluding hydrogens is 1670 g/mol. The van der Waals surface area contributed by atoms with Crippen LogP contribution in [0.1, 0.15) is 44.5 Å². The van der Waals surface area contributed by atoms with Gasteiger partial charge in [0.05, 0.1) is 55.0 Å². The van der Waals surface area contributed by atoms with Crippen molar-refractivity contribution in [3.8, 4) is 112 Å². The number of aromatic nitrogens is 4. The van der Waals surface area contributed by atoms with Crippen LogP contribution in [0.15, 0.2) is 534 Å². The summed E-state index contributed by atoms with van der Waals surface area (Å²) in [4.78, 5) is 0. The van der Waals surface area contributed by atoms with Gasteiger partial charge >= 0.3 is 0 Å². The number of benzene rings is 22. The lowest BCUT2D eigenvalue weighted by Gasteiger charge is -2.34. The molecular formula is C134H88N4. The predicted octanol–water partition coefficient (Wildman–Crippen LogP) is 34.5. The summed E-state index contributed by atoms with van der Waals surface area (Å²) in [6, 6.07) is 197. The van der Waals surface area contributed by atoms with Crippen LogP contribution in [0.5, 0.6) is 0 Å². The fraction of sp³-hybridized carbons (Fsp3) is 0.0149. The first-order valence-corrected chi connectivity index (χ1v) is 47.8. The van der Waals surface area contributed by atoms with E-state index >= 15 is 0 Å². The molecule has 4 aromatic heterocycles. The average Bonchev–Trinajstić information content (AvgIpc) is 1.52. The molecule has 138 heavy (non-hydrogen) atoms. The molecule has 2 aliphatic carbocycles. The van der Waals surface area contributed by atoms with E-state index in [1.807, 2.05) is 0 Å². The van der Waals surface area contributed by atoms with E-state index < -0.39 is 10.8 Å². The number of para-hydroxylation sites is 2. The highest BCUT2D eigenvalue weighted by molar-refractivity contribution is 6.21. The summed E-state index contributed by atoms with van der Waals surface area (Å²) in [5, 5.41) is 9.96. The Balaban J connectivity index is 0.000000139. The van der Waals surface area contributed by atoms with Crippen molar-refractivity contribution in [3.63, 3.8) is 0 Å². The topological polar surface area (TPSA) is 19.7 Å². The summed E-state index contributed by atoms with van der Waals surface area (Å²) >= 11 is 0. The van der Waals surface area contributed by atoms with Gasteiger partial charge in [-0.05, 0) is 255 Å². The molecule has 0 unspecified atom stereocenters. The maximum Gasteiger partial charge on any atom is 0.0720 e. The van der Waals surface area contributed by atoms with Gasteiger partial charge in [-0.3, -0.25) is 0 Å². The van der Waals surface area contributed by atoms with E-state index in [0.717, 1.165) is 22.7 Å². The molecule has 0 amide bonds. The minimum atomic E-state index is -0.571. The van der Waals surface area contributed by atoms with Gasteiger partial charge in [0, 0.05) is 65.8 Å². The second-order valence-corrected chi connectivity index (χ2v) is 36.8. The van der Waals surface area contributed by atoms with Crippen molar-refractivity contribution in [1.82, 2.24) is 18.3 Å². The molecule has 28 rings (SSSR count). The van der Waals surface area contributed by atoms with Crippen molar-refractivity contribution < 1.29 is 0 Å². The molecule has 4 heteroatoms. The molecule has 22 aromatic carbocycles. The molecule has 0 radical (unpaired) electrons. The van der Waals surface area contributed by atoms with Gasteiger partial charge in [0.25, 0.3) is 0 Å². The van der Waals surface area contributed by atoms with Crippen LogP contribution in [0.4, 0.5) is 0 Å². The van der Waals surface area contributed by atoms with Crippen LogP contribution in [-0.2, 0) is 10.8 Å². The van der Waals surface area contributed by atoms with Crippen LogP contribution in [0.2, 0.25) is 0 Å². The van der Waals surface area contributed by atoms with Crippen LogP contribution < -0.4 is 0 Å². The van der Waals surface area contributed by atoms with Gasteiger partial charge in [0.1, 0.15) is 0 Å². The monoisotopic (exact) mass is 1750 g/mol. The largest absolute Gasteiger partial charge is 0.309 e. The smallest absolute Gasteiger partial charge is 0.0720 e. The zero-order valence-electron chi connectivity index (χ0n) is 75.6. The molecule has 0 spiro atoms. The van der Waals surface area contributed by atoms with E-state index in [-0.39, 0.29) is 0 Å². The minimum Gasteiger partial charge on any atom is -0.309 e. The lowest BCUT2D eigenvalue weighted by atomic mass is 9.67. The molecule has 0 bridgehead atoms. The SMILES string of the molecule is c1ccc(-c2ccc(-n3c4ccc(-c5ccc6c(c5)c5ccccc5n6-c5cccc(-c6ccccc6)c5)cc4c4c5c(ccc43)-c3ccccc3C5(c3ccccc3)c3ccccc3)cc2)cc1.c1ccc(-c2ccc(-n3c4ccc(-c5ccc6c(c5)c5ccccc5n6-c5cccc(-c6ccccc6)c5)cc4c4c5c(ccc43)C(c3ccccc3)(c3ccccc3)c3ccccc3-5)cc2)cc1. The molecule has 0 saturated carbocycles. The van der Waals surface area contributed by atoms with Crippen LogP contribution >= 0.6 is 0 Å². The number of hydrogen-bond acceptors (Lipinski definition) is 0. The fourth-order valence-electron chi connectivity index (χ4n) is 23.6. The van der Waals surface area contributed by atoms with Crippen molar-refractivity contribution in [2.75, 3.05) is 0 Å². The predicted molar refractivity (Wildman–Crippen MR) is 577 cm³/mol. The van der Waals surface area contributed by atoms with Crippen molar-refractivity contribution in [1.29, 1.82) is 0 Å². The van der Waals surface area contributed by atoms with Gasteiger partial charge in [-0.1, -0.05) is 413 Å². The second kappa shape index (κ2) is 32.5. The summed E-state index contributed by atoms with van der Waals surface area (Å²) in [7, 11) is 0. The maximum atomic E-state index is 2.49. The first kappa shape index (κ1) is 79.8. The van der Waals surface area contributed by atoms with Gasteiger partial charge in [0.2, 0.25) is 0 Å². The fourth-order valence-corrected chi connectivity index (χ4v) is 23.6. The molecule has 4 heterocycles. The third-order valence-corrected chi connectivity index (χ3v) is 29.6. The van der Waals surface area contributed by atoms with E-state index in [9.17, 15) is 0 Å². The first-order chi connectivity index (χ1) is 68.5. The van der Waals surface area contributed by atoms with E-state index in [2.05, 4.69) is 552 Å². The highest BCUT2D eigenvalue weighted by atomic mass is 15.0. The van der Waals surface area contributed by atoms with Crippen molar-refractivity contribution in [2.45, 2.75) is 10.8 Å². The normalized spacial score (nSPS) is 12.8. The summed E-state index contributed by atoms with van der Waals surface area (Å²) in [5.74, 6) is 0. The summed E-state index contributed by atoms with van der Waals surface area (Å²) in [6.07, 6.45) is 0. The Morgan fingerprint density at radius 1 is 0.138 bits per heavy atom. The Bertz CT molecular complexity index is 9180. The van der Waals surface area contributed by atoms with E-state index in [0.29, 0.717) is 0 Å². The summed E-state index contributed by atoms with van der Waals surface area (Å²) in [6.45, 7) is 0. The molecule has 4 nitrogen and oxygen atoms in total. The van der Waals surface area contributed by atoms with Crippen LogP contribution in [0.3, 0.4) is 0 Å². The van der Waals surface area contributed by atoms with Crippen molar-refractivity contribution in [3.05, 3.63) is 578 Å². The summed E-state index contributed by atoms with van der Waals surface area (Å²) in [5.41, 5.74) is 42.8. The molecule has 0 saturated heterocycles. The molecule has 26 aromatic rings. The third kappa shape index (κ3) is 12.5. The second-order valence-electron chi connectivity index (χ2n) is 36.8. The van der Waals surface area contributed by atoms with Gasteiger partial charge in [-0.2, -0.15) is 0 Å². The minimum absolute atomic E-state index is 0.508. The van der Waals surface area contributed by atoms with Crippen LogP contribution in [-0.4, -0.2) is 18.3 Å². The maximum absolute atomic E-state index is 2.49.